The Labute approximate surface area is 132 Å². The molecule has 120 valence electrons. The van der Waals surface area contributed by atoms with Crippen LogP contribution in [-0.4, -0.2) is 26.0 Å². The summed E-state index contributed by atoms with van der Waals surface area (Å²) in [6.45, 7) is 6.28. The Hall–Kier alpha value is -1.50. The highest BCUT2D eigenvalue weighted by Gasteiger charge is 2.22. The first-order chi connectivity index (χ1) is 10.3. The number of benzene rings is 1. The second-order valence-corrected chi connectivity index (χ2v) is 7.65. The Morgan fingerprint density at radius 2 is 2.00 bits per heavy atom. The number of aromatic nitrogens is 1. The Morgan fingerprint density at radius 3 is 2.64 bits per heavy atom. The highest BCUT2D eigenvalue weighted by molar-refractivity contribution is 7.89. The van der Waals surface area contributed by atoms with E-state index in [0.29, 0.717) is 23.2 Å². The standard InChI is InChI=1S/C16H23N3O2S/c1-11(2)9-13(10-17)19-22(20,21)15-7-6-12(3)16-14(15)5-4-8-18-16/h4-8,11,13,19H,9-10,17H2,1-3H3. The van der Waals surface area contributed by atoms with E-state index in [2.05, 4.69) is 9.71 Å². The van der Waals surface area contributed by atoms with Crippen molar-refractivity contribution in [3.05, 3.63) is 36.0 Å². The zero-order valence-electron chi connectivity index (χ0n) is 13.2. The fourth-order valence-electron chi connectivity index (χ4n) is 2.57. The molecule has 3 N–H and O–H groups in total. The van der Waals surface area contributed by atoms with E-state index < -0.39 is 10.0 Å². The lowest BCUT2D eigenvalue weighted by molar-refractivity contribution is 0.465. The van der Waals surface area contributed by atoms with E-state index in [1.807, 2.05) is 20.8 Å². The van der Waals surface area contributed by atoms with Crippen LogP contribution in [0, 0.1) is 12.8 Å². The van der Waals surface area contributed by atoms with Crippen LogP contribution >= 0.6 is 0 Å². The van der Waals surface area contributed by atoms with Gasteiger partial charge in [-0.2, -0.15) is 0 Å². The monoisotopic (exact) mass is 321 g/mol. The second-order valence-electron chi connectivity index (χ2n) is 5.96. The highest BCUT2D eigenvalue weighted by Crippen LogP contribution is 2.24. The van der Waals surface area contributed by atoms with Crippen LogP contribution in [0.3, 0.4) is 0 Å². The minimum absolute atomic E-state index is 0.253. The molecule has 6 heteroatoms. The van der Waals surface area contributed by atoms with E-state index in [9.17, 15) is 8.42 Å². The van der Waals surface area contributed by atoms with Crippen molar-refractivity contribution in [2.45, 2.75) is 38.1 Å². The van der Waals surface area contributed by atoms with Crippen molar-refractivity contribution in [1.82, 2.24) is 9.71 Å². The van der Waals surface area contributed by atoms with Crippen molar-refractivity contribution < 1.29 is 8.42 Å². The summed E-state index contributed by atoms with van der Waals surface area (Å²) < 4.78 is 28.1. The van der Waals surface area contributed by atoms with Crippen LogP contribution in [0.25, 0.3) is 10.9 Å². The van der Waals surface area contributed by atoms with Gasteiger partial charge in [0.15, 0.2) is 0 Å². The molecule has 0 radical (unpaired) electrons. The molecule has 0 aliphatic heterocycles. The minimum atomic E-state index is -3.63. The predicted octanol–water partition coefficient (Wildman–Crippen LogP) is 2.19. The van der Waals surface area contributed by atoms with Gasteiger partial charge in [0.2, 0.25) is 10.0 Å². The topological polar surface area (TPSA) is 85.1 Å². The number of aryl methyl sites for hydroxylation is 1. The van der Waals surface area contributed by atoms with Gasteiger partial charge in [-0.1, -0.05) is 19.9 Å². The third-order valence-electron chi connectivity index (χ3n) is 3.58. The first kappa shape index (κ1) is 16.9. The van der Waals surface area contributed by atoms with E-state index >= 15 is 0 Å². The van der Waals surface area contributed by atoms with Crippen LogP contribution in [0.5, 0.6) is 0 Å². The number of nitrogens with zero attached hydrogens (tertiary/aromatic N) is 1. The van der Waals surface area contributed by atoms with Crippen LogP contribution in [0.2, 0.25) is 0 Å². The van der Waals surface area contributed by atoms with Gasteiger partial charge in [-0.05, 0) is 43.0 Å². The smallest absolute Gasteiger partial charge is 0.241 e. The Balaban J connectivity index is 2.44. The molecule has 1 atom stereocenters. The lowest BCUT2D eigenvalue weighted by Crippen LogP contribution is -2.41. The maximum Gasteiger partial charge on any atom is 0.241 e. The van der Waals surface area contributed by atoms with Crippen LogP contribution < -0.4 is 10.5 Å². The third kappa shape index (κ3) is 3.63. The third-order valence-corrected chi connectivity index (χ3v) is 5.16. The fraction of sp³-hybridized carbons (Fsp3) is 0.438. The van der Waals surface area contributed by atoms with Crippen molar-refractivity contribution in [2.75, 3.05) is 6.54 Å². The van der Waals surface area contributed by atoms with Gasteiger partial charge in [0.25, 0.3) is 0 Å². The van der Waals surface area contributed by atoms with Gasteiger partial charge >= 0.3 is 0 Å². The van der Waals surface area contributed by atoms with Gasteiger partial charge < -0.3 is 5.73 Å². The minimum Gasteiger partial charge on any atom is -0.329 e. The van der Waals surface area contributed by atoms with Crippen molar-refractivity contribution in [3.8, 4) is 0 Å². The Bertz CT molecular complexity index is 757. The van der Waals surface area contributed by atoms with Crippen LogP contribution in [-0.2, 0) is 10.0 Å². The first-order valence-electron chi connectivity index (χ1n) is 7.42. The molecule has 0 fully saturated rings. The van der Waals surface area contributed by atoms with Crippen LogP contribution in [0.1, 0.15) is 25.8 Å². The molecule has 0 bridgehead atoms. The van der Waals surface area contributed by atoms with Crippen molar-refractivity contribution in [2.24, 2.45) is 11.7 Å². The summed E-state index contributed by atoms with van der Waals surface area (Å²) in [6.07, 6.45) is 2.37. The zero-order chi connectivity index (χ0) is 16.3. The van der Waals surface area contributed by atoms with Gasteiger partial charge in [0.1, 0.15) is 0 Å². The molecule has 2 aromatic rings. The summed E-state index contributed by atoms with van der Waals surface area (Å²) in [4.78, 5) is 4.54. The largest absolute Gasteiger partial charge is 0.329 e. The first-order valence-corrected chi connectivity index (χ1v) is 8.90. The maximum atomic E-state index is 12.7. The quantitative estimate of drug-likeness (QED) is 0.854. The number of hydrogen-bond acceptors (Lipinski definition) is 4. The summed E-state index contributed by atoms with van der Waals surface area (Å²) >= 11 is 0. The van der Waals surface area contributed by atoms with E-state index in [1.165, 1.54) is 0 Å². The molecule has 1 heterocycles. The Kier molecular flexibility index (Phi) is 5.16. The molecule has 0 saturated heterocycles. The van der Waals surface area contributed by atoms with E-state index in [-0.39, 0.29) is 17.5 Å². The number of pyridine rings is 1. The molecule has 0 amide bonds. The van der Waals surface area contributed by atoms with Gasteiger partial charge in [0, 0.05) is 24.2 Å². The van der Waals surface area contributed by atoms with Crippen LogP contribution in [0.15, 0.2) is 35.4 Å². The molecule has 0 spiro atoms. The number of sulfonamides is 1. The Morgan fingerprint density at radius 1 is 1.27 bits per heavy atom. The SMILES string of the molecule is Cc1ccc(S(=O)(=O)NC(CN)CC(C)C)c2cccnc12. The normalized spacial score (nSPS) is 13.7. The number of hydrogen-bond donors (Lipinski definition) is 2. The maximum absolute atomic E-state index is 12.7. The van der Waals surface area contributed by atoms with Gasteiger partial charge in [-0.3, -0.25) is 4.98 Å². The van der Waals surface area contributed by atoms with Gasteiger partial charge in [0.05, 0.1) is 10.4 Å². The average molecular weight is 321 g/mol. The van der Waals surface area contributed by atoms with Crippen LogP contribution in [0.4, 0.5) is 0 Å². The van der Waals surface area contributed by atoms with E-state index in [4.69, 9.17) is 5.73 Å². The molecule has 0 aliphatic carbocycles. The summed E-state index contributed by atoms with van der Waals surface area (Å²) in [6, 6.07) is 6.67. The molecule has 0 aliphatic rings. The number of nitrogens with one attached hydrogen (secondary N) is 1. The van der Waals surface area contributed by atoms with Gasteiger partial charge in [-0.15, -0.1) is 0 Å². The van der Waals surface area contributed by atoms with Gasteiger partial charge in [-0.25, -0.2) is 13.1 Å². The summed E-state index contributed by atoms with van der Waals surface area (Å²) in [5, 5.41) is 0.635. The lowest BCUT2D eigenvalue weighted by atomic mass is 10.1. The number of fused-ring (bicyclic) bond motifs is 1. The van der Waals surface area contributed by atoms with E-state index in [1.54, 1.807) is 30.5 Å². The van der Waals surface area contributed by atoms with Crippen molar-refractivity contribution in [1.29, 1.82) is 0 Å². The van der Waals surface area contributed by atoms with E-state index in [0.717, 1.165) is 5.56 Å². The molecule has 1 unspecified atom stereocenters. The fourth-order valence-corrected chi connectivity index (χ4v) is 4.03. The second kappa shape index (κ2) is 6.73. The zero-order valence-corrected chi connectivity index (χ0v) is 14.0. The molecule has 1 aromatic heterocycles. The number of nitrogens with two attached hydrogens (primary N) is 1. The molecule has 5 nitrogen and oxygen atoms in total. The summed E-state index contributed by atoms with van der Waals surface area (Å²) in [7, 11) is -3.63. The molecule has 2 rings (SSSR count). The predicted molar refractivity (Wildman–Crippen MR) is 89.1 cm³/mol. The molecular weight excluding hydrogens is 298 g/mol. The molecule has 1 aromatic carbocycles. The summed E-state index contributed by atoms with van der Waals surface area (Å²) in [5.74, 6) is 0.368. The molecular formula is C16H23N3O2S. The highest BCUT2D eigenvalue weighted by atomic mass is 32.2. The molecule has 22 heavy (non-hydrogen) atoms. The number of rotatable bonds is 6. The van der Waals surface area contributed by atoms with Crippen molar-refractivity contribution in [3.63, 3.8) is 0 Å². The van der Waals surface area contributed by atoms with Crippen molar-refractivity contribution >= 4 is 20.9 Å². The average Bonchev–Trinajstić information content (AvgIpc) is 2.46. The molecule has 0 saturated carbocycles. The lowest BCUT2D eigenvalue weighted by Gasteiger charge is -2.19. The summed E-state index contributed by atoms with van der Waals surface area (Å²) in [5.41, 5.74) is 7.36.